The summed E-state index contributed by atoms with van der Waals surface area (Å²) < 4.78 is 5.28. The first-order valence-corrected chi connectivity index (χ1v) is 6.27. The van der Waals surface area contributed by atoms with Crippen LogP contribution in [0.3, 0.4) is 0 Å². The highest BCUT2D eigenvalue weighted by Crippen LogP contribution is 2.22. The Morgan fingerprint density at radius 2 is 1.76 bits per heavy atom. The number of nitrogens with one attached hydrogen (secondary N) is 1. The molecule has 21 heavy (non-hydrogen) atoms. The summed E-state index contributed by atoms with van der Waals surface area (Å²) in [5, 5.41) is 9.60. The number of benzene rings is 2. The van der Waals surface area contributed by atoms with Gasteiger partial charge in [-0.25, -0.2) is 9.59 Å². The Balaban J connectivity index is 1.87. The van der Waals surface area contributed by atoms with E-state index in [4.69, 9.17) is 9.84 Å². The van der Waals surface area contributed by atoms with E-state index in [1.54, 1.807) is 42.5 Å². The first-order chi connectivity index (χ1) is 10.1. The van der Waals surface area contributed by atoms with E-state index in [0.29, 0.717) is 22.2 Å². The van der Waals surface area contributed by atoms with E-state index in [1.807, 2.05) is 6.07 Å². The van der Waals surface area contributed by atoms with Crippen LogP contribution in [-0.2, 0) is 0 Å². The van der Waals surface area contributed by atoms with E-state index in [1.165, 1.54) is 6.07 Å². The summed E-state index contributed by atoms with van der Waals surface area (Å²) in [6.07, 6.45) is 0. The Morgan fingerprint density at radius 3 is 2.48 bits per heavy atom. The second-order valence-corrected chi connectivity index (χ2v) is 4.49. The van der Waals surface area contributed by atoms with Crippen molar-refractivity contribution in [2.45, 2.75) is 0 Å². The molecule has 0 saturated carbocycles. The zero-order valence-corrected chi connectivity index (χ0v) is 10.9. The minimum atomic E-state index is -1.03. The quantitative estimate of drug-likeness (QED) is 0.571. The molecule has 1 aromatic heterocycles. The molecule has 0 aliphatic heterocycles. The Morgan fingerprint density at radius 1 is 1.00 bits per heavy atom. The first-order valence-electron chi connectivity index (χ1n) is 6.27. The largest absolute Gasteiger partial charge is 0.477 e. The van der Waals surface area contributed by atoms with Gasteiger partial charge in [-0.05, 0) is 36.4 Å². The van der Waals surface area contributed by atoms with Crippen LogP contribution in [0.4, 0.5) is 0 Å². The molecular weight excluding hydrogens is 270 g/mol. The second-order valence-electron chi connectivity index (χ2n) is 4.49. The molecule has 3 rings (SSSR count). The van der Waals surface area contributed by atoms with Gasteiger partial charge >= 0.3 is 11.9 Å². The molecule has 104 valence electrons. The SMILES string of the molecule is O=C(Oc1ccc2[nH]c(C(=O)O)cc2c1)c1ccccc1. The lowest BCUT2D eigenvalue weighted by molar-refractivity contribution is 0.0689. The number of aromatic nitrogens is 1. The molecule has 0 saturated heterocycles. The average molecular weight is 281 g/mol. The maximum atomic E-state index is 11.9. The van der Waals surface area contributed by atoms with Crippen LogP contribution in [0, 0.1) is 0 Å². The Bertz CT molecular complexity index is 821. The first kappa shape index (κ1) is 12.9. The maximum absolute atomic E-state index is 11.9. The molecule has 0 radical (unpaired) electrons. The minimum Gasteiger partial charge on any atom is -0.477 e. The number of hydrogen-bond acceptors (Lipinski definition) is 3. The fourth-order valence-electron chi connectivity index (χ4n) is 2.03. The van der Waals surface area contributed by atoms with Crippen LogP contribution in [-0.4, -0.2) is 22.0 Å². The van der Waals surface area contributed by atoms with E-state index >= 15 is 0 Å². The predicted octanol–water partition coefficient (Wildman–Crippen LogP) is 3.09. The van der Waals surface area contributed by atoms with Gasteiger partial charge in [-0.2, -0.15) is 0 Å². The molecule has 2 aromatic carbocycles. The normalized spacial score (nSPS) is 10.5. The molecule has 5 heteroatoms. The number of H-pyrrole nitrogens is 1. The standard InChI is InChI=1S/C16H11NO4/c18-15(19)14-9-11-8-12(6-7-13(11)17-14)21-16(20)10-4-2-1-3-5-10/h1-9,17H,(H,18,19). The van der Waals surface area contributed by atoms with E-state index < -0.39 is 11.9 Å². The second kappa shape index (κ2) is 5.13. The summed E-state index contributed by atoms with van der Waals surface area (Å²) in [5.41, 5.74) is 1.22. The zero-order chi connectivity index (χ0) is 14.8. The van der Waals surface area contributed by atoms with Crippen molar-refractivity contribution in [2.24, 2.45) is 0 Å². The topological polar surface area (TPSA) is 79.4 Å². The van der Waals surface area contributed by atoms with Crippen LogP contribution in [0.25, 0.3) is 10.9 Å². The molecule has 0 aliphatic rings. The van der Waals surface area contributed by atoms with E-state index in [0.717, 1.165) is 0 Å². The number of aromatic carboxylic acids is 1. The van der Waals surface area contributed by atoms with Gasteiger partial charge in [0.1, 0.15) is 11.4 Å². The molecule has 2 N–H and O–H groups in total. The molecule has 0 atom stereocenters. The number of aromatic amines is 1. The highest BCUT2D eigenvalue weighted by molar-refractivity contribution is 5.95. The molecule has 0 fully saturated rings. The zero-order valence-electron chi connectivity index (χ0n) is 10.9. The lowest BCUT2D eigenvalue weighted by Gasteiger charge is -2.04. The van der Waals surface area contributed by atoms with Gasteiger partial charge in [-0.15, -0.1) is 0 Å². The summed E-state index contributed by atoms with van der Waals surface area (Å²) >= 11 is 0. The lowest BCUT2D eigenvalue weighted by atomic mass is 10.2. The molecule has 0 spiro atoms. The summed E-state index contributed by atoms with van der Waals surface area (Å²) in [4.78, 5) is 25.6. The van der Waals surface area contributed by atoms with E-state index in [2.05, 4.69) is 4.98 Å². The van der Waals surface area contributed by atoms with Gasteiger partial charge in [0.25, 0.3) is 0 Å². The van der Waals surface area contributed by atoms with Crippen LogP contribution in [0.5, 0.6) is 5.75 Å². The number of carboxylic acid groups (broad SMARTS) is 1. The van der Waals surface area contributed by atoms with Crippen LogP contribution >= 0.6 is 0 Å². The summed E-state index contributed by atoms with van der Waals surface area (Å²) in [6.45, 7) is 0. The van der Waals surface area contributed by atoms with Gasteiger partial charge in [-0.3, -0.25) is 0 Å². The number of rotatable bonds is 3. The van der Waals surface area contributed by atoms with Crippen LogP contribution in [0.1, 0.15) is 20.8 Å². The van der Waals surface area contributed by atoms with Crippen molar-refractivity contribution in [2.75, 3.05) is 0 Å². The summed E-state index contributed by atoms with van der Waals surface area (Å²) in [5.74, 6) is -1.12. The van der Waals surface area contributed by atoms with Gasteiger partial charge in [0, 0.05) is 10.9 Å². The third-order valence-corrected chi connectivity index (χ3v) is 3.04. The van der Waals surface area contributed by atoms with Gasteiger partial charge in [0.05, 0.1) is 5.56 Å². The van der Waals surface area contributed by atoms with Crippen molar-refractivity contribution < 1.29 is 19.4 Å². The molecule has 0 aliphatic carbocycles. The summed E-state index contributed by atoms with van der Waals surface area (Å²) in [7, 11) is 0. The fourth-order valence-corrected chi connectivity index (χ4v) is 2.03. The van der Waals surface area contributed by atoms with Gasteiger partial charge in [0.15, 0.2) is 0 Å². The van der Waals surface area contributed by atoms with Crippen molar-refractivity contribution in [3.8, 4) is 5.75 Å². The Labute approximate surface area is 119 Å². The fraction of sp³-hybridized carbons (Fsp3) is 0. The van der Waals surface area contributed by atoms with Gasteiger partial charge in [-0.1, -0.05) is 18.2 Å². The maximum Gasteiger partial charge on any atom is 0.352 e. The number of hydrogen-bond donors (Lipinski definition) is 2. The third-order valence-electron chi connectivity index (χ3n) is 3.04. The molecule has 0 amide bonds. The number of ether oxygens (including phenoxy) is 1. The Hall–Kier alpha value is -3.08. The monoisotopic (exact) mass is 281 g/mol. The van der Waals surface area contributed by atoms with Crippen molar-refractivity contribution in [1.82, 2.24) is 4.98 Å². The van der Waals surface area contributed by atoms with Crippen molar-refractivity contribution >= 4 is 22.8 Å². The van der Waals surface area contributed by atoms with Crippen LogP contribution in [0.15, 0.2) is 54.6 Å². The molecule has 0 unspecified atom stereocenters. The molecular formula is C16H11NO4. The van der Waals surface area contributed by atoms with Crippen LogP contribution < -0.4 is 4.74 Å². The van der Waals surface area contributed by atoms with Crippen molar-refractivity contribution in [1.29, 1.82) is 0 Å². The number of esters is 1. The number of carboxylic acids is 1. The highest BCUT2D eigenvalue weighted by Gasteiger charge is 2.11. The minimum absolute atomic E-state index is 0.0940. The number of carbonyl (C=O) groups is 2. The Kier molecular flexibility index (Phi) is 3.16. The molecule has 3 aromatic rings. The predicted molar refractivity (Wildman–Crippen MR) is 76.7 cm³/mol. The van der Waals surface area contributed by atoms with Gasteiger partial charge in [0.2, 0.25) is 0 Å². The van der Waals surface area contributed by atoms with Crippen LogP contribution in [0.2, 0.25) is 0 Å². The van der Waals surface area contributed by atoms with Crippen molar-refractivity contribution in [3.63, 3.8) is 0 Å². The highest BCUT2D eigenvalue weighted by atomic mass is 16.5. The average Bonchev–Trinajstić information content (AvgIpc) is 2.91. The third kappa shape index (κ3) is 2.62. The van der Waals surface area contributed by atoms with Crippen molar-refractivity contribution in [3.05, 3.63) is 65.9 Å². The number of carbonyl (C=O) groups excluding carboxylic acids is 1. The number of fused-ring (bicyclic) bond motifs is 1. The smallest absolute Gasteiger partial charge is 0.352 e. The molecule has 0 bridgehead atoms. The molecule has 5 nitrogen and oxygen atoms in total. The lowest BCUT2D eigenvalue weighted by Crippen LogP contribution is -2.07. The van der Waals surface area contributed by atoms with E-state index in [9.17, 15) is 9.59 Å². The van der Waals surface area contributed by atoms with Gasteiger partial charge < -0.3 is 14.8 Å². The van der Waals surface area contributed by atoms with E-state index in [-0.39, 0.29) is 5.69 Å². The molecule has 1 heterocycles. The summed E-state index contributed by atoms with van der Waals surface area (Å²) in [6, 6.07) is 15.1.